The topological polar surface area (TPSA) is 75.4 Å². The molecular formula is C18H25N3O2. The molecular weight excluding hydrogens is 290 g/mol. The van der Waals surface area contributed by atoms with Crippen LogP contribution < -0.4 is 11.1 Å². The summed E-state index contributed by atoms with van der Waals surface area (Å²) < 4.78 is 0. The van der Waals surface area contributed by atoms with Gasteiger partial charge in [-0.25, -0.2) is 4.79 Å². The summed E-state index contributed by atoms with van der Waals surface area (Å²) in [6.45, 7) is 1.10. The van der Waals surface area contributed by atoms with Crippen LogP contribution >= 0.6 is 0 Å². The van der Waals surface area contributed by atoms with Crippen molar-refractivity contribution >= 4 is 11.9 Å². The number of fused-ring (bicyclic) bond motifs is 1. The quantitative estimate of drug-likeness (QED) is 0.822. The second-order valence-corrected chi connectivity index (χ2v) is 6.63. The highest BCUT2D eigenvalue weighted by Gasteiger charge is 2.29. The number of aryl methyl sites for hydroxylation is 1. The Morgan fingerprint density at radius 2 is 1.96 bits per heavy atom. The lowest BCUT2D eigenvalue weighted by molar-refractivity contribution is -0.127. The number of carbonyl (C=O) groups excluding carboxylic acids is 2. The second kappa shape index (κ2) is 7.02. The highest BCUT2D eigenvalue weighted by atomic mass is 16.2. The fourth-order valence-electron chi connectivity index (χ4n) is 3.75. The average molecular weight is 315 g/mol. The van der Waals surface area contributed by atoms with Crippen molar-refractivity contribution < 1.29 is 9.59 Å². The zero-order valence-electron chi connectivity index (χ0n) is 13.5. The summed E-state index contributed by atoms with van der Waals surface area (Å²) >= 11 is 0. The van der Waals surface area contributed by atoms with Crippen LogP contribution in [-0.2, 0) is 11.2 Å². The molecule has 2 aliphatic rings. The summed E-state index contributed by atoms with van der Waals surface area (Å²) in [5, 5.41) is 3.23. The first-order valence-corrected chi connectivity index (χ1v) is 8.57. The Kier molecular flexibility index (Phi) is 4.84. The molecule has 1 heterocycles. The summed E-state index contributed by atoms with van der Waals surface area (Å²) in [6.07, 6.45) is 6.02. The lowest BCUT2D eigenvalue weighted by Crippen LogP contribution is -2.47. The molecule has 1 aromatic rings. The summed E-state index contributed by atoms with van der Waals surface area (Å²) in [5.41, 5.74) is 7.95. The largest absolute Gasteiger partial charge is 0.351 e. The normalized spacial score (nSPS) is 24.4. The molecule has 1 aromatic carbocycles. The minimum Gasteiger partial charge on any atom is -0.351 e. The third kappa shape index (κ3) is 3.66. The van der Waals surface area contributed by atoms with Gasteiger partial charge < -0.3 is 16.0 Å². The number of nitrogens with two attached hydrogens (primary N) is 1. The van der Waals surface area contributed by atoms with Crippen LogP contribution in [0.25, 0.3) is 0 Å². The van der Waals surface area contributed by atoms with Gasteiger partial charge in [0, 0.05) is 13.1 Å². The van der Waals surface area contributed by atoms with Crippen molar-refractivity contribution in [2.45, 2.75) is 44.6 Å². The van der Waals surface area contributed by atoms with Crippen LogP contribution in [0.3, 0.4) is 0 Å². The van der Waals surface area contributed by atoms with Crippen LogP contribution in [0.5, 0.6) is 0 Å². The predicted molar refractivity (Wildman–Crippen MR) is 88.8 cm³/mol. The highest BCUT2D eigenvalue weighted by molar-refractivity contribution is 5.81. The molecule has 3 N–H and O–H groups in total. The molecule has 1 aliphatic carbocycles. The summed E-state index contributed by atoms with van der Waals surface area (Å²) in [5.74, 6) is -0.0932. The number of carbonyl (C=O) groups is 2. The van der Waals surface area contributed by atoms with E-state index < -0.39 is 6.03 Å². The van der Waals surface area contributed by atoms with Gasteiger partial charge in [0.2, 0.25) is 5.91 Å². The zero-order valence-corrected chi connectivity index (χ0v) is 13.5. The number of primary amides is 1. The summed E-state index contributed by atoms with van der Waals surface area (Å²) in [6, 6.07) is 8.05. The van der Waals surface area contributed by atoms with Gasteiger partial charge >= 0.3 is 6.03 Å². The first kappa shape index (κ1) is 15.8. The fourth-order valence-corrected chi connectivity index (χ4v) is 3.75. The predicted octanol–water partition coefficient (Wildman–Crippen LogP) is 2.36. The van der Waals surface area contributed by atoms with E-state index in [1.165, 1.54) is 17.5 Å². The molecule has 5 nitrogen and oxygen atoms in total. The molecule has 0 aromatic heterocycles. The van der Waals surface area contributed by atoms with Gasteiger partial charge in [0.25, 0.3) is 0 Å². The maximum Gasteiger partial charge on any atom is 0.314 e. The number of benzene rings is 1. The van der Waals surface area contributed by atoms with Crippen molar-refractivity contribution in [2.75, 3.05) is 13.1 Å². The third-order valence-corrected chi connectivity index (χ3v) is 5.04. The van der Waals surface area contributed by atoms with Crippen LogP contribution in [-0.4, -0.2) is 29.9 Å². The van der Waals surface area contributed by atoms with E-state index >= 15 is 0 Å². The Bertz CT molecular complexity index is 587. The van der Waals surface area contributed by atoms with Crippen LogP contribution in [0.1, 0.15) is 49.3 Å². The number of amides is 3. The van der Waals surface area contributed by atoms with Crippen molar-refractivity contribution in [3.63, 3.8) is 0 Å². The maximum absolute atomic E-state index is 12.7. The van der Waals surface area contributed by atoms with Crippen LogP contribution in [0.4, 0.5) is 4.79 Å². The number of nitrogens with one attached hydrogen (secondary N) is 1. The van der Waals surface area contributed by atoms with E-state index in [-0.39, 0.29) is 17.9 Å². The van der Waals surface area contributed by atoms with Gasteiger partial charge in [-0.2, -0.15) is 0 Å². The molecule has 3 rings (SSSR count). The van der Waals surface area contributed by atoms with Gasteiger partial charge in [0.15, 0.2) is 0 Å². The first-order valence-electron chi connectivity index (χ1n) is 8.57. The van der Waals surface area contributed by atoms with Gasteiger partial charge in [0.1, 0.15) is 0 Å². The molecule has 0 radical (unpaired) electrons. The number of urea groups is 1. The van der Waals surface area contributed by atoms with Crippen molar-refractivity contribution in [3.05, 3.63) is 35.4 Å². The van der Waals surface area contributed by atoms with Gasteiger partial charge in [-0.1, -0.05) is 30.7 Å². The molecule has 1 aliphatic heterocycles. The van der Waals surface area contributed by atoms with Gasteiger partial charge in [0.05, 0.1) is 12.0 Å². The molecule has 0 bridgehead atoms. The Balaban J connectivity index is 1.69. The van der Waals surface area contributed by atoms with E-state index in [1.807, 2.05) is 6.07 Å². The number of likely N-dealkylation sites (tertiary alicyclic amines) is 1. The van der Waals surface area contributed by atoms with Crippen molar-refractivity contribution in [1.29, 1.82) is 0 Å². The van der Waals surface area contributed by atoms with Gasteiger partial charge in [-0.05, 0) is 43.2 Å². The van der Waals surface area contributed by atoms with Crippen molar-refractivity contribution in [3.8, 4) is 0 Å². The van der Waals surface area contributed by atoms with Crippen molar-refractivity contribution in [2.24, 2.45) is 11.7 Å². The number of rotatable bonds is 2. The third-order valence-electron chi connectivity index (χ3n) is 5.04. The molecule has 1 fully saturated rings. The van der Waals surface area contributed by atoms with E-state index in [9.17, 15) is 9.59 Å². The molecule has 0 spiro atoms. The van der Waals surface area contributed by atoms with E-state index in [0.717, 1.165) is 32.1 Å². The lowest BCUT2D eigenvalue weighted by Gasteiger charge is -2.32. The molecule has 124 valence electrons. The Morgan fingerprint density at radius 3 is 2.78 bits per heavy atom. The van der Waals surface area contributed by atoms with Crippen LogP contribution in [0.15, 0.2) is 24.3 Å². The minimum atomic E-state index is -0.428. The number of nitrogens with zero attached hydrogens (tertiary/aromatic N) is 1. The fraction of sp³-hybridized carbons (Fsp3) is 0.556. The minimum absolute atomic E-state index is 0.0534. The van der Waals surface area contributed by atoms with Crippen LogP contribution in [0.2, 0.25) is 0 Å². The molecule has 2 atom stereocenters. The van der Waals surface area contributed by atoms with Crippen LogP contribution in [0, 0.1) is 5.92 Å². The molecule has 0 saturated carbocycles. The number of hydrogen-bond acceptors (Lipinski definition) is 2. The van der Waals surface area contributed by atoms with Crippen molar-refractivity contribution in [1.82, 2.24) is 10.2 Å². The van der Waals surface area contributed by atoms with E-state index in [4.69, 9.17) is 5.73 Å². The molecule has 0 unspecified atom stereocenters. The maximum atomic E-state index is 12.7. The molecule has 23 heavy (non-hydrogen) atoms. The number of piperidine rings is 1. The zero-order chi connectivity index (χ0) is 16.2. The Hall–Kier alpha value is -2.04. The lowest BCUT2D eigenvalue weighted by atomic mass is 9.95. The summed E-state index contributed by atoms with van der Waals surface area (Å²) in [4.78, 5) is 25.6. The van der Waals surface area contributed by atoms with E-state index in [1.54, 1.807) is 4.90 Å². The van der Waals surface area contributed by atoms with Gasteiger partial charge in [-0.15, -0.1) is 0 Å². The highest BCUT2D eigenvalue weighted by Crippen LogP contribution is 2.29. The Morgan fingerprint density at radius 1 is 1.13 bits per heavy atom. The standard InChI is InChI=1S/C18H25N3O2/c19-18(23)21-11-5-8-14(12-21)17(22)20-16-10-4-2-7-13-6-1-3-9-15(13)16/h1,3,6,9,14,16H,2,4-5,7-8,10-12H2,(H2,19,23)(H,20,22)/t14-,16+/m1/s1. The monoisotopic (exact) mass is 315 g/mol. The second-order valence-electron chi connectivity index (χ2n) is 6.63. The average Bonchev–Trinajstić information content (AvgIpc) is 2.77. The SMILES string of the molecule is NC(=O)N1CCC[C@@H](C(=O)N[C@H]2CCCCc3ccccc32)C1. The first-order chi connectivity index (χ1) is 11.1. The summed E-state index contributed by atoms with van der Waals surface area (Å²) in [7, 11) is 0. The molecule has 3 amide bonds. The number of hydrogen-bond donors (Lipinski definition) is 2. The Labute approximate surface area is 137 Å². The van der Waals surface area contributed by atoms with Gasteiger partial charge in [-0.3, -0.25) is 4.79 Å². The van der Waals surface area contributed by atoms with E-state index in [2.05, 4.69) is 23.5 Å². The molecule has 5 heteroatoms. The smallest absolute Gasteiger partial charge is 0.314 e. The molecule has 1 saturated heterocycles. The van der Waals surface area contributed by atoms with E-state index in [0.29, 0.717) is 13.1 Å².